The average molecular weight is 452 g/mol. The van der Waals surface area contributed by atoms with Gasteiger partial charge in [0.2, 0.25) is 5.91 Å². The fourth-order valence-corrected chi connectivity index (χ4v) is 3.37. The fraction of sp³-hybridized carbons (Fsp3) is 0.130. The number of fused-ring (bicyclic) bond motifs is 1. The number of pyridine rings is 1. The zero-order valence-electron chi connectivity index (χ0n) is 17.4. The van der Waals surface area contributed by atoms with Crippen LogP contribution in [0.15, 0.2) is 70.4 Å². The summed E-state index contributed by atoms with van der Waals surface area (Å²) < 4.78 is 34.2. The Morgan fingerprint density at radius 1 is 1.06 bits per heavy atom. The molecule has 2 aromatic carbocycles. The van der Waals surface area contributed by atoms with Gasteiger partial charge in [-0.3, -0.25) is 18.7 Å². The molecule has 0 saturated carbocycles. The Morgan fingerprint density at radius 3 is 2.52 bits per heavy atom. The van der Waals surface area contributed by atoms with Crippen LogP contribution in [0.3, 0.4) is 0 Å². The molecular formula is C23H18F2N4O4. The Kier molecular flexibility index (Phi) is 5.99. The molecule has 0 aliphatic heterocycles. The molecule has 2 aromatic heterocycles. The molecule has 10 heteroatoms. The molecule has 0 spiro atoms. The first-order chi connectivity index (χ1) is 15.9. The number of carbonyl (C=O) groups is 1. The highest BCUT2D eigenvalue weighted by molar-refractivity contribution is 5.91. The molecule has 2 heterocycles. The molecule has 4 aromatic rings. The van der Waals surface area contributed by atoms with Crippen LogP contribution in [0.5, 0.6) is 5.75 Å². The maximum absolute atomic E-state index is 13.9. The maximum atomic E-state index is 13.9. The summed E-state index contributed by atoms with van der Waals surface area (Å²) in [5.74, 6) is -1.85. The third-order valence-corrected chi connectivity index (χ3v) is 4.99. The monoisotopic (exact) mass is 452 g/mol. The first-order valence-corrected chi connectivity index (χ1v) is 9.83. The molecule has 0 aliphatic carbocycles. The van der Waals surface area contributed by atoms with Crippen molar-refractivity contribution in [3.05, 3.63) is 98.8 Å². The molecule has 0 radical (unpaired) electrons. The Labute approximate surface area is 185 Å². The van der Waals surface area contributed by atoms with E-state index in [1.807, 2.05) is 0 Å². The SMILES string of the molecule is COc1ccc(Cn2c(=O)c3ncccc3n(CC(=O)Nc3ccc(F)cc3F)c2=O)cc1. The number of carbonyl (C=O) groups excluding carboxylic acids is 1. The number of nitrogens with zero attached hydrogens (tertiary/aromatic N) is 3. The van der Waals surface area contributed by atoms with Crippen LogP contribution in [-0.2, 0) is 17.9 Å². The van der Waals surface area contributed by atoms with E-state index >= 15 is 0 Å². The highest BCUT2D eigenvalue weighted by atomic mass is 19.1. The van der Waals surface area contributed by atoms with Crippen LogP contribution in [0.4, 0.5) is 14.5 Å². The van der Waals surface area contributed by atoms with Gasteiger partial charge in [0.1, 0.15) is 23.9 Å². The zero-order chi connectivity index (χ0) is 23.5. The predicted molar refractivity (Wildman–Crippen MR) is 117 cm³/mol. The largest absolute Gasteiger partial charge is 0.497 e. The van der Waals surface area contributed by atoms with E-state index in [0.717, 1.165) is 21.3 Å². The number of amides is 1. The van der Waals surface area contributed by atoms with E-state index in [1.165, 1.54) is 25.4 Å². The van der Waals surface area contributed by atoms with Gasteiger partial charge < -0.3 is 10.1 Å². The first kappa shape index (κ1) is 21.9. The van der Waals surface area contributed by atoms with Gasteiger partial charge in [0.25, 0.3) is 5.56 Å². The quantitative estimate of drug-likeness (QED) is 0.485. The minimum Gasteiger partial charge on any atom is -0.497 e. The average Bonchev–Trinajstić information content (AvgIpc) is 2.81. The summed E-state index contributed by atoms with van der Waals surface area (Å²) >= 11 is 0. The number of hydrogen-bond donors (Lipinski definition) is 1. The van der Waals surface area contributed by atoms with E-state index in [1.54, 1.807) is 24.3 Å². The van der Waals surface area contributed by atoms with Crippen LogP contribution in [0.2, 0.25) is 0 Å². The number of ether oxygens (including phenoxy) is 1. The zero-order valence-corrected chi connectivity index (χ0v) is 17.4. The fourth-order valence-electron chi connectivity index (χ4n) is 3.37. The molecule has 0 saturated heterocycles. The second kappa shape index (κ2) is 9.03. The van der Waals surface area contributed by atoms with Crippen LogP contribution in [0.25, 0.3) is 11.0 Å². The van der Waals surface area contributed by atoms with Crippen molar-refractivity contribution < 1.29 is 18.3 Å². The smallest absolute Gasteiger partial charge is 0.332 e. The van der Waals surface area contributed by atoms with Gasteiger partial charge in [0.15, 0.2) is 5.52 Å². The lowest BCUT2D eigenvalue weighted by atomic mass is 10.2. The maximum Gasteiger partial charge on any atom is 0.332 e. The molecule has 1 amide bonds. The summed E-state index contributed by atoms with van der Waals surface area (Å²) in [5.41, 5.74) is -0.739. The minimum atomic E-state index is -0.952. The molecule has 0 fully saturated rings. The van der Waals surface area contributed by atoms with Crippen molar-refractivity contribution in [2.75, 3.05) is 12.4 Å². The molecule has 0 atom stereocenters. The second-order valence-electron chi connectivity index (χ2n) is 7.15. The van der Waals surface area contributed by atoms with E-state index in [4.69, 9.17) is 4.74 Å². The van der Waals surface area contributed by atoms with Crippen molar-refractivity contribution in [1.82, 2.24) is 14.1 Å². The number of methoxy groups -OCH3 is 1. The number of anilines is 1. The highest BCUT2D eigenvalue weighted by Crippen LogP contribution is 2.15. The lowest BCUT2D eigenvalue weighted by Gasteiger charge is -2.14. The predicted octanol–water partition coefficient (Wildman–Crippen LogP) is 2.53. The third kappa shape index (κ3) is 4.49. The van der Waals surface area contributed by atoms with Gasteiger partial charge in [-0.05, 0) is 42.0 Å². The summed E-state index contributed by atoms with van der Waals surface area (Å²) in [5, 5.41) is 2.31. The van der Waals surface area contributed by atoms with Gasteiger partial charge in [-0.2, -0.15) is 0 Å². The van der Waals surface area contributed by atoms with E-state index in [-0.39, 0.29) is 23.3 Å². The Balaban J connectivity index is 1.73. The molecule has 0 unspecified atom stereocenters. The van der Waals surface area contributed by atoms with E-state index in [2.05, 4.69) is 10.3 Å². The number of hydrogen-bond acceptors (Lipinski definition) is 5. The number of nitrogens with one attached hydrogen (secondary N) is 1. The van der Waals surface area contributed by atoms with Crippen molar-refractivity contribution in [1.29, 1.82) is 0 Å². The molecule has 0 aliphatic rings. The van der Waals surface area contributed by atoms with Gasteiger partial charge in [0.05, 0.1) is 24.9 Å². The van der Waals surface area contributed by atoms with Crippen LogP contribution in [0, 0.1) is 11.6 Å². The summed E-state index contributed by atoms with van der Waals surface area (Å²) in [6.07, 6.45) is 1.41. The molecule has 0 bridgehead atoms. The van der Waals surface area contributed by atoms with Crippen LogP contribution in [0.1, 0.15) is 5.56 Å². The van der Waals surface area contributed by atoms with Gasteiger partial charge >= 0.3 is 5.69 Å². The van der Waals surface area contributed by atoms with Crippen LogP contribution < -0.4 is 21.3 Å². The number of halogens is 2. The van der Waals surface area contributed by atoms with Gasteiger partial charge in [-0.25, -0.2) is 18.6 Å². The van der Waals surface area contributed by atoms with Crippen molar-refractivity contribution >= 4 is 22.6 Å². The lowest BCUT2D eigenvalue weighted by Crippen LogP contribution is -2.42. The summed E-state index contributed by atoms with van der Waals surface area (Å²) in [7, 11) is 1.52. The molecule has 33 heavy (non-hydrogen) atoms. The van der Waals surface area contributed by atoms with E-state index in [9.17, 15) is 23.2 Å². The number of aromatic nitrogens is 3. The van der Waals surface area contributed by atoms with Crippen LogP contribution in [-0.4, -0.2) is 27.1 Å². The Morgan fingerprint density at radius 2 is 1.82 bits per heavy atom. The normalized spacial score (nSPS) is 10.9. The molecule has 4 rings (SSSR count). The summed E-state index contributed by atoms with van der Waals surface area (Å²) in [6, 6.07) is 12.6. The van der Waals surface area contributed by atoms with E-state index in [0.29, 0.717) is 17.4 Å². The first-order valence-electron chi connectivity index (χ1n) is 9.83. The molecule has 8 nitrogen and oxygen atoms in total. The van der Waals surface area contributed by atoms with Crippen molar-refractivity contribution in [2.24, 2.45) is 0 Å². The minimum absolute atomic E-state index is 0.00590. The van der Waals surface area contributed by atoms with Gasteiger partial charge in [0, 0.05) is 12.3 Å². The van der Waals surface area contributed by atoms with Crippen molar-refractivity contribution in [3.63, 3.8) is 0 Å². The summed E-state index contributed by atoms with van der Waals surface area (Å²) in [4.78, 5) is 42.8. The molecule has 168 valence electrons. The number of rotatable bonds is 6. The molecular weight excluding hydrogens is 434 g/mol. The third-order valence-electron chi connectivity index (χ3n) is 4.99. The number of benzene rings is 2. The van der Waals surface area contributed by atoms with Crippen molar-refractivity contribution in [2.45, 2.75) is 13.1 Å². The topological polar surface area (TPSA) is 95.2 Å². The standard InChI is InChI=1S/C23H18F2N4O4/c1-33-16-7-4-14(5-8-16)12-29-22(31)21-19(3-2-10-26-21)28(23(29)32)13-20(30)27-18-9-6-15(24)11-17(18)25/h2-11H,12-13H2,1H3,(H,27,30). The Hall–Kier alpha value is -4.34. The van der Waals surface area contributed by atoms with Crippen molar-refractivity contribution in [3.8, 4) is 5.75 Å². The van der Waals surface area contributed by atoms with E-state index < -0.39 is 35.3 Å². The highest BCUT2D eigenvalue weighted by Gasteiger charge is 2.17. The summed E-state index contributed by atoms with van der Waals surface area (Å²) in [6.45, 7) is -0.566. The van der Waals surface area contributed by atoms with Gasteiger partial charge in [-0.15, -0.1) is 0 Å². The Bertz CT molecular complexity index is 1460. The van der Waals surface area contributed by atoms with Crippen LogP contribution >= 0.6 is 0 Å². The van der Waals surface area contributed by atoms with Gasteiger partial charge in [-0.1, -0.05) is 12.1 Å². The second-order valence-corrected chi connectivity index (χ2v) is 7.15. The molecule has 1 N–H and O–H groups in total. The lowest BCUT2D eigenvalue weighted by molar-refractivity contribution is -0.116.